The maximum absolute atomic E-state index is 5.87. The molecular formula is C14H19N3S. The fourth-order valence-corrected chi connectivity index (χ4v) is 3.63. The lowest BCUT2D eigenvalue weighted by molar-refractivity contribution is 0.308. The molecule has 0 spiro atoms. The van der Waals surface area contributed by atoms with Crippen molar-refractivity contribution in [2.75, 3.05) is 24.5 Å². The van der Waals surface area contributed by atoms with E-state index in [1.165, 1.54) is 11.1 Å². The monoisotopic (exact) mass is 261 g/mol. The van der Waals surface area contributed by atoms with Crippen molar-refractivity contribution in [2.24, 2.45) is 17.6 Å². The second-order valence-corrected chi connectivity index (χ2v) is 6.18. The van der Waals surface area contributed by atoms with Crippen molar-refractivity contribution in [3.8, 4) is 0 Å². The molecule has 0 radical (unpaired) electrons. The van der Waals surface area contributed by atoms with Crippen LogP contribution in [0, 0.1) is 11.8 Å². The summed E-state index contributed by atoms with van der Waals surface area (Å²) in [6.45, 7) is 5.25. The number of nitrogens with two attached hydrogens (primary N) is 1. The summed E-state index contributed by atoms with van der Waals surface area (Å²) < 4.78 is 1.27. The second kappa shape index (κ2) is 4.86. The number of thiazole rings is 1. The lowest BCUT2D eigenvalue weighted by Crippen LogP contribution is -2.42. The third-order valence-corrected chi connectivity index (χ3v) is 5.07. The summed E-state index contributed by atoms with van der Waals surface area (Å²) in [7, 11) is 0. The number of para-hydroxylation sites is 1. The van der Waals surface area contributed by atoms with Crippen LogP contribution in [0.1, 0.15) is 13.3 Å². The predicted molar refractivity (Wildman–Crippen MR) is 78.2 cm³/mol. The SMILES string of the molecule is CC1CCN(c2nc3ccccc3s2)CC1CN. The molecule has 96 valence electrons. The van der Waals surface area contributed by atoms with Crippen molar-refractivity contribution in [2.45, 2.75) is 13.3 Å². The van der Waals surface area contributed by atoms with Crippen LogP contribution in [0.2, 0.25) is 0 Å². The van der Waals surface area contributed by atoms with E-state index in [1.54, 1.807) is 11.3 Å². The van der Waals surface area contributed by atoms with E-state index in [9.17, 15) is 0 Å². The van der Waals surface area contributed by atoms with Crippen LogP contribution in [0.15, 0.2) is 24.3 Å². The molecular weight excluding hydrogens is 242 g/mol. The molecule has 1 saturated heterocycles. The Balaban J connectivity index is 1.86. The number of hydrogen-bond acceptors (Lipinski definition) is 4. The first-order chi connectivity index (χ1) is 8.78. The lowest BCUT2D eigenvalue weighted by atomic mass is 9.87. The summed E-state index contributed by atoms with van der Waals surface area (Å²) in [4.78, 5) is 7.14. The van der Waals surface area contributed by atoms with Crippen molar-refractivity contribution in [1.29, 1.82) is 0 Å². The Morgan fingerprint density at radius 3 is 3.06 bits per heavy atom. The maximum Gasteiger partial charge on any atom is 0.186 e. The first kappa shape index (κ1) is 11.9. The van der Waals surface area contributed by atoms with Gasteiger partial charge in [-0.3, -0.25) is 0 Å². The molecule has 2 N–H and O–H groups in total. The Kier molecular flexibility index (Phi) is 3.22. The molecule has 1 aliphatic rings. The summed E-state index contributed by atoms with van der Waals surface area (Å²) in [5.41, 5.74) is 6.98. The Morgan fingerprint density at radius 2 is 2.28 bits per heavy atom. The molecule has 1 fully saturated rings. The van der Waals surface area contributed by atoms with E-state index in [0.29, 0.717) is 5.92 Å². The van der Waals surface area contributed by atoms with Crippen molar-refractivity contribution in [1.82, 2.24) is 4.98 Å². The molecule has 0 saturated carbocycles. The molecule has 2 heterocycles. The minimum atomic E-state index is 0.603. The molecule has 18 heavy (non-hydrogen) atoms. The van der Waals surface area contributed by atoms with E-state index in [-0.39, 0.29) is 0 Å². The fourth-order valence-electron chi connectivity index (χ4n) is 2.63. The minimum Gasteiger partial charge on any atom is -0.348 e. The predicted octanol–water partition coefficient (Wildman–Crippen LogP) is 2.72. The van der Waals surface area contributed by atoms with Gasteiger partial charge in [0.05, 0.1) is 10.2 Å². The summed E-state index contributed by atoms with van der Waals surface area (Å²) in [6.07, 6.45) is 1.22. The van der Waals surface area contributed by atoms with Gasteiger partial charge in [-0.05, 0) is 36.9 Å². The third kappa shape index (κ3) is 2.10. The van der Waals surface area contributed by atoms with Gasteiger partial charge in [0.25, 0.3) is 0 Å². The third-order valence-electron chi connectivity index (χ3n) is 3.97. The van der Waals surface area contributed by atoms with E-state index >= 15 is 0 Å². The van der Waals surface area contributed by atoms with E-state index in [4.69, 9.17) is 10.7 Å². The molecule has 1 aromatic carbocycles. The molecule has 3 rings (SSSR count). The number of rotatable bonds is 2. The molecule has 3 nitrogen and oxygen atoms in total. The molecule has 0 aliphatic carbocycles. The number of anilines is 1. The van der Waals surface area contributed by atoms with Gasteiger partial charge in [0.2, 0.25) is 0 Å². The molecule has 2 aromatic rings. The Bertz CT molecular complexity index is 504. The molecule has 4 heteroatoms. The van der Waals surface area contributed by atoms with Crippen molar-refractivity contribution in [3.05, 3.63) is 24.3 Å². The van der Waals surface area contributed by atoms with Gasteiger partial charge < -0.3 is 10.6 Å². The van der Waals surface area contributed by atoms with Crippen molar-refractivity contribution < 1.29 is 0 Å². The maximum atomic E-state index is 5.87. The highest BCUT2D eigenvalue weighted by molar-refractivity contribution is 7.22. The van der Waals surface area contributed by atoms with Gasteiger partial charge in [-0.2, -0.15) is 0 Å². The van der Waals surface area contributed by atoms with Gasteiger partial charge in [0.1, 0.15) is 0 Å². The van der Waals surface area contributed by atoms with Crippen LogP contribution in [-0.4, -0.2) is 24.6 Å². The summed E-state index contributed by atoms with van der Waals surface area (Å²) >= 11 is 1.79. The first-order valence-electron chi connectivity index (χ1n) is 6.58. The molecule has 0 amide bonds. The van der Waals surface area contributed by atoms with Gasteiger partial charge >= 0.3 is 0 Å². The average Bonchev–Trinajstić information content (AvgIpc) is 2.83. The van der Waals surface area contributed by atoms with Crippen LogP contribution in [0.5, 0.6) is 0 Å². The number of benzene rings is 1. The van der Waals surface area contributed by atoms with Crippen LogP contribution in [-0.2, 0) is 0 Å². The first-order valence-corrected chi connectivity index (χ1v) is 7.40. The van der Waals surface area contributed by atoms with Gasteiger partial charge in [-0.25, -0.2) is 4.98 Å². The average molecular weight is 261 g/mol. The van der Waals surface area contributed by atoms with E-state index in [2.05, 4.69) is 30.0 Å². The van der Waals surface area contributed by atoms with E-state index < -0.39 is 0 Å². The highest BCUT2D eigenvalue weighted by atomic mass is 32.1. The number of aromatic nitrogens is 1. The van der Waals surface area contributed by atoms with Crippen LogP contribution in [0.4, 0.5) is 5.13 Å². The van der Waals surface area contributed by atoms with Crippen LogP contribution in [0.25, 0.3) is 10.2 Å². The number of nitrogens with zero attached hydrogens (tertiary/aromatic N) is 2. The normalized spacial score (nSPS) is 24.7. The second-order valence-electron chi connectivity index (χ2n) is 5.17. The standard InChI is InChI=1S/C14H19N3S/c1-10-6-7-17(9-11(10)8-15)14-16-12-4-2-3-5-13(12)18-14/h2-5,10-11H,6-9,15H2,1H3. The van der Waals surface area contributed by atoms with Gasteiger partial charge in [0.15, 0.2) is 5.13 Å². The molecule has 2 atom stereocenters. The topological polar surface area (TPSA) is 42.2 Å². The number of hydrogen-bond donors (Lipinski definition) is 1. The van der Waals surface area contributed by atoms with Crippen molar-refractivity contribution in [3.63, 3.8) is 0 Å². The van der Waals surface area contributed by atoms with Crippen LogP contribution >= 0.6 is 11.3 Å². The zero-order chi connectivity index (χ0) is 12.5. The molecule has 1 aliphatic heterocycles. The fraction of sp³-hybridized carbons (Fsp3) is 0.500. The van der Waals surface area contributed by atoms with Gasteiger partial charge in [-0.1, -0.05) is 30.4 Å². The molecule has 2 unspecified atom stereocenters. The van der Waals surface area contributed by atoms with Gasteiger partial charge in [0, 0.05) is 13.1 Å². The van der Waals surface area contributed by atoms with Crippen LogP contribution < -0.4 is 10.6 Å². The number of piperidine rings is 1. The Morgan fingerprint density at radius 1 is 1.44 bits per heavy atom. The Hall–Kier alpha value is -1.13. The highest BCUT2D eigenvalue weighted by Crippen LogP contribution is 2.32. The minimum absolute atomic E-state index is 0.603. The quantitative estimate of drug-likeness (QED) is 0.904. The summed E-state index contributed by atoms with van der Waals surface area (Å²) in [6, 6.07) is 8.35. The zero-order valence-corrected chi connectivity index (χ0v) is 11.5. The van der Waals surface area contributed by atoms with Gasteiger partial charge in [-0.15, -0.1) is 0 Å². The largest absolute Gasteiger partial charge is 0.348 e. The Labute approximate surface area is 112 Å². The lowest BCUT2D eigenvalue weighted by Gasteiger charge is -2.36. The zero-order valence-electron chi connectivity index (χ0n) is 10.7. The summed E-state index contributed by atoms with van der Waals surface area (Å²) in [5, 5.41) is 1.15. The summed E-state index contributed by atoms with van der Waals surface area (Å²) in [5.74, 6) is 1.34. The molecule has 1 aromatic heterocycles. The number of fused-ring (bicyclic) bond motifs is 1. The van der Waals surface area contributed by atoms with E-state index in [1.807, 2.05) is 6.07 Å². The van der Waals surface area contributed by atoms with E-state index in [0.717, 1.165) is 36.2 Å². The molecule has 0 bridgehead atoms. The smallest absolute Gasteiger partial charge is 0.186 e. The highest BCUT2D eigenvalue weighted by Gasteiger charge is 2.26. The van der Waals surface area contributed by atoms with Crippen LogP contribution in [0.3, 0.4) is 0 Å². The van der Waals surface area contributed by atoms with Crippen molar-refractivity contribution >= 4 is 26.7 Å².